The topological polar surface area (TPSA) is 40.5 Å². The van der Waals surface area contributed by atoms with E-state index in [4.69, 9.17) is 8.92 Å². The van der Waals surface area contributed by atoms with E-state index in [2.05, 4.69) is 0 Å². The molecule has 0 fully saturated rings. The first-order chi connectivity index (χ1) is 10.5. The Kier molecular flexibility index (Phi) is 4.57. The summed E-state index contributed by atoms with van der Waals surface area (Å²) in [6.07, 6.45) is -0.592. The van der Waals surface area contributed by atoms with E-state index in [1.54, 1.807) is 39.8 Å². The lowest BCUT2D eigenvalue weighted by Crippen LogP contribution is -2.27. The summed E-state index contributed by atoms with van der Waals surface area (Å²) in [7, 11) is 0. The van der Waals surface area contributed by atoms with Gasteiger partial charge in [-0.2, -0.15) is 13.2 Å². The normalized spacial score (nSPS) is 12.5. The number of fused-ring (bicyclic) bond motifs is 1. The van der Waals surface area contributed by atoms with Gasteiger partial charge >= 0.3 is 11.6 Å². The monoisotopic (exact) mass is 347 g/mol. The van der Waals surface area contributed by atoms with Crippen LogP contribution in [0.5, 0.6) is 5.75 Å². The Morgan fingerprint density at radius 3 is 2.43 bits per heavy atom. The maximum absolute atomic E-state index is 12.3. The van der Waals surface area contributed by atoms with Gasteiger partial charge in [0.05, 0.1) is 5.52 Å². The van der Waals surface area contributed by atoms with Crippen molar-refractivity contribution in [3.8, 4) is 5.75 Å². The molecule has 0 N–H and O–H groups in total. The van der Waals surface area contributed by atoms with Crippen molar-refractivity contribution in [1.29, 1.82) is 0 Å². The van der Waals surface area contributed by atoms with E-state index in [0.29, 0.717) is 16.6 Å². The van der Waals surface area contributed by atoms with Crippen LogP contribution in [-0.2, 0) is 4.74 Å². The summed E-state index contributed by atoms with van der Waals surface area (Å²) in [6.45, 7) is 6.88. The number of hydrogen-bond acceptors (Lipinski definition) is 4. The zero-order valence-electron chi connectivity index (χ0n) is 13.0. The van der Waals surface area contributed by atoms with Gasteiger partial charge in [0.25, 0.3) is 0 Å². The van der Waals surface area contributed by atoms with Gasteiger partial charge in [-0.15, -0.1) is 0 Å². The number of alkyl halides is 3. The number of benzene rings is 1. The minimum absolute atomic E-state index is 0.0373. The molecule has 0 radical (unpaired) electrons. The Morgan fingerprint density at radius 1 is 1.22 bits per heavy atom. The highest BCUT2D eigenvalue weighted by Gasteiger charge is 2.32. The van der Waals surface area contributed by atoms with Gasteiger partial charge in [0.1, 0.15) is 11.4 Å². The van der Waals surface area contributed by atoms with Gasteiger partial charge in [0.2, 0.25) is 0 Å². The van der Waals surface area contributed by atoms with E-state index >= 15 is 0 Å². The maximum atomic E-state index is 12.3. The fraction of sp³-hybridized carbons (Fsp3) is 0.400. The SMILES string of the molecule is Cc1cc2c(OSC(F)(F)F)cccc2n1C(=O)OC(C)(C)C. The molecule has 0 atom stereocenters. The summed E-state index contributed by atoms with van der Waals surface area (Å²) in [5, 5.41) is 0.410. The third kappa shape index (κ3) is 4.34. The van der Waals surface area contributed by atoms with E-state index in [1.807, 2.05) is 0 Å². The molecular formula is C15H16F3NO3S. The fourth-order valence-corrected chi connectivity index (χ4v) is 2.38. The Morgan fingerprint density at radius 2 is 1.87 bits per heavy atom. The Balaban J connectivity index is 2.42. The van der Waals surface area contributed by atoms with Crippen LogP contribution in [0.2, 0.25) is 0 Å². The average Bonchev–Trinajstić information content (AvgIpc) is 2.69. The fourth-order valence-electron chi connectivity index (χ4n) is 2.05. The zero-order valence-corrected chi connectivity index (χ0v) is 13.8. The van der Waals surface area contributed by atoms with E-state index in [9.17, 15) is 18.0 Å². The third-order valence-electron chi connectivity index (χ3n) is 2.79. The quantitative estimate of drug-likeness (QED) is 0.693. The van der Waals surface area contributed by atoms with E-state index in [0.717, 1.165) is 0 Å². The van der Waals surface area contributed by atoms with E-state index in [1.165, 1.54) is 16.7 Å². The average molecular weight is 347 g/mol. The second-order valence-corrected chi connectivity index (χ2v) is 6.70. The summed E-state index contributed by atoms with van der Waals surface area (Å²) in [5.74, 6) is 0.0373. The first kappa shape index (κ1) is 17.5. The lowest BCUT2D eigenvalue weighted by Gasteiger charge is -2.20. The molecule has 0 aliphatic rings. The third-order valence-corrected chi connectivity index (χ3v) is 3.24. The van der Waals surface area contributed by atoms with Crippen LogP contribution in [0.4, 0.5) is 18.0 Å². The number of halogens is 3. The predicted octanol–water partition coefficient (Wildman–Crippen LogP) is 5.28. The Labute approximate surface area is 135 Å². The smallest absolute Gasteiger partial charge is 0.443 e. The molecule has 126 valence electrons. The number of rotatable bonds is 2. The number of aromatic nitrogens is 1. The molecule has 1 aromatic heterocycles. The summed E-state index contributed by atoms with van der Waals surface area (Å²) in [6, 6.07) is 6.15. The molecule has 0 saturated carbocycles. The van der Waals surface area contributed by atoms with Crippen molar-refractivity contribution in [3.05, 3.63) is 30.0 Å². The van der Waals surface area contributed by atoms with Gasteiger partial charge < -0.3 is 8.92 Å². The molecule has 2 rings (SSSR count). The zero-order chi connectivity index (χ0) is 17.4. The van der Waals surface area contributed by atoms with E-state index in [-0.39, 0.29) is 5.75 Å². The molecule has 0 aliphatic heterocycles. The standard InChI is InChI=1S/C15H16F3NO3S/c1-9-8-10-11(19(9)13(20)21-14(2,3)4)6-5-7-12(10)22-23-15(16,17)18/h5-8H,1-4H3. The van der Waals surface area contributed by atoms with Crippen LogP contribution >= 0.6 is 12.0 Å². The highest BCUT2D eigenvalue weighted by Crippen LogP contribution is 2.36. The van der Waals surface area contributed by atoms with Gasteiger partial charge in [-0.05, 0) is 45.9 Å². The molecule has 0 aliphatic carbocycles. The summed E-state index contributed by atoms with van der Waals surface area (Å²) in [4.78, 5) is 12.3. The maximum Gasteiger partial charge on any atom is 0.479 e. The van der Waals surface area contributed by atoms with Crippen LogP contribution in [0.1, 0.15) is 26.5 Å². The van der Waals surface area contributed by atoms with Crippen LogP contribution in [0, 0.1) is 6.92 Å². The van der Waals surface area contributed by atoms with Gasteiger partial charge in [0, 0.05) is 11.1 Å². The van der Waals surface area contributed by atoms with Crippen LogP contribution in [0.3, 0.4) is 0 Å². The number of aryl methyl sites for hydroxylation is 1. The van der Waals surface area contributed by atoms with Gasteiger partial charge in [-0.3, -0.25) is 0 Å². The highest BCUT2D eigenvalue weighted by molar-refractivity contribution is 7.95. The van der Waals surface area contributed by atoms with Crippen LogP contribution in [0.25, 0.3) is 10.9 Å². The molecule has 4 nitrogen and oxygen atoms in total. The largest absolute Gasteiger partial charge is 0.479 e. The van der Waals surface area contributed by atoms with Gasteiger partial charge in [-0.25, -0.2) is 9.36 Å². The number of nitrogens with zero attached hydrogens (tertiary/aromatic N) is 1. The second kappa shape index (κ2) is 5.99. The van der Waals surface area contributed by atoms with Gasteiger partial charge in [0.15, 0.2) is 12.0 Å². The predicted molar refractivity (Wildman–Crippen MR) is 82.6 cm³/mol. The number of ether oxygens (including phenoxy) is 1. The lowest BCUT2D eigenvalue weighted by molar-refractivity contribution is -0.0369. The number of hydrogen-bond donors (Lipinski definition) is 0. The van der Waals surface area contributed by atoms with Crippen molar-refractivity contribution in [3.63, 3.8) is 0 Å². The van der Waals surface area contributed by atoms with Crippen molar-refractivity contribution < 1.29 is 26.9 Å². The second-order valence-electron chi connectivity index (χ2n) is 5.90. The Hall–Kier alpha value is -1.83. The molecule has 1 aromatic carbocycles. The van der Waals surface area contributed by atoms with Crippen molar-refractivity contribution >= 4 is 29.0 Å². The van der Waals surface area contributed by atoms with Crippen LogP contribution < -0.4 is 4.18 Å². The summed E-state index contributed by atoms with van der Waals surface area (Å²) in [5.41, 5.74) is -4.22. The summed E-state index contributed by atoms with van der Waals surface area (Å²) >= 11 is -0.590. The van der Waals surface area contributed by atoms with Crippen molar-refractivity contribution in [1.82, 2.24) is 4.57 Å². The first-order valence-corrected chi connectivity index (χ1v) is 7.49. The minimum Gasteiger partial charge on any atom is -0.443 e. The van der Waals surface area contributed by atoms with Crippen LogP contribution in [-0.4, -0.2) is 21.8 Å². The highest BCUT2D eigenvalue weighted by atomic mass is 32.2. The number of carbonyl (C=O) groups excluding carboxylic acids is 1. The molecule has 0 amide bonds. The molecule has 23 heavy (non-hydrogen) atoms. The van der Waals surface area contributed by atoms with Crippen molar-refractivity contribution in [2.45, 2.75) is 38.8 Å². The van der Waals surface area contributed by atoms with Crippen molar-refractivity contribution in [2.24, 2.45) is 0 Å². The molecular weight excluding hydrogens is 331 g/mol. The molecule has 0 bridgehead atoms. The Bertz CT molecular complexity index is 732. The minimum atomic E-state index is -4.51. The van der Waals surface area contributed by atoms with Crippen LogP contribution in [0.15, 0.2) is 24.3 Å². The molecule has 8 heteroatoms. The van der Waals surface area contributed by atoms with Gasteiger partial charge in [-0.1, -0.05) is 6.07 Å². The first-order valence-electron chi connectivity index (χ1n) is 6.75. The summed E-state index contributed by atoms with van der Waals surface area (Å²) < 4.78 is 48.3. The van der Waals surface area contributed by atoms with E-state index < -0.39 is 29.2 Å². The molecule has 0 unspecified atom stereocenters. The number of carbonyl (C=O) groups is 1. The molecule has 0 spiro atoms. The molecule has 2 aromatic rings. The lowest BCUT2D eigenvalue weighted by atomic mass is 10.2. The molecule has 0 saturated heterocycles. The van der Waals surface area contributed by atoms with Crippen molar-refractivity contribution in [2.75, 3.05) is 0 Å². The molecule has 1 heterocycles.